The summed E-state index contributed by atoms with van der Waals surface area (Å²) in [4.78, 5) is 14.8. The lowest BCUT2D eigenvalue weighted by atomic mass is 10.1. The molecule has 2 aromatic carbocycles. The summed E-state index contributed by atoms with van der Waals surface area (Å²) in [7, 11) is 0. The van der Waals surface area contributed by atoms with E-state index in [-0.39, 0.29) is 11.3 Å². The summed E-state index contributed by atoms with van der Waals surface area (Å²) < 4.78 is 11.3. The summed E-state index contributed by atoms with van der Waals surface area (Å²) in [5.74, 6) is 2.58. The van der Waals surface area contributed by atoms with Crippen LogP contribution in [0.3, 0.4) is 0 Å². The fourth-order valence-electron chi connectivity index (χ4n) is 3.03. The number of benzene rings is 2. The van der Waals surface area contributed by atoms with Crippen molar-refractivity contribution in [1.29, 1.82) is 0 Å². The highest BCUT2D eigenvalue weighted by molar-refractivity contribution is 7.99. The minimum absolute atomic E-state index is 0.0228. The lowest BCUT2D eigenvalue weighted by Gasteiger charge is -2.26. The molecule has 1 amide bonds. The Morgan fingerprint density at radius 2 is 1.83 bits per heavy atom. The van der Waals surface area contributed by atoms with Gasteiger partial charge in [-0.3, -0.25) is 4.79 Å². The largest absolute Gasteiger partial charge is 0.486 e. The molecular formula is C19H19NO3S. The summed E-state index contributed by atoms with van der Waals surface area (Å²) in [5.41, 5.74) is 2.98. The number of carbonyl (C=O) groups excluding carboxylic acids is 1. The molecule has 124 valence electrons. The van der Waals surface area contributed by atoms with Crippen LogP contribution < -0.4 is 9.47 Å². The van der Waals surface area contributed by atoms with Crippen LogP contribution in [0.2, 0.25) is 0 Å². The van der Waals surface area contributed by atoms with Gasteiger partial charge in [-0.15, -0.1) is 11.8 Å². The minimum atomic E-state index is 0.0228. The highest BCUT2D eigenvalue weighted by Gasteiger charge is 2.32. The van der Waals surface area contributed by atoms with Crippen LogP contribution in [0.1, 0.15) is 26.9 Å². The van der Waals surface area contributed by atoms with Crippen LogP contribution in [-0.4, -0.2) is 36.3 Å². The van der Waals surface area contributed by atoms with Crippen LogP contribution >= 0.6 is 11.8 Å². The molecule has 1 atom stereocenters. The maximum absolute atomic E-state index is 12.9. The molecule has 5 heteroatoms. The SMILES string of the molecule is Cc1ccc(C(=O)N2CCSC2c2ccc3c(c2)OCCO3)cc1. The van der Waals surface area contributed by atoms with Crippen LogP contribution in [0.25, 0.3) is 0 Å². The predicted molar refractivity (Wildman–Crippen MR) is 94.8 cm³/mol. The number of nitrogens with zero attached hydrogens (tertiary/aromatic N) is 1. The number of amides is 1. The Bertz CT molecular complexity index is 760. The van der Waals surface area contributed by atoms with Gasteiger partial charge in [-0.25, -0.2) is 0 Å². The van der Waals surface area contributed by atoms with Gasteiger partial charge in [0, 0.05) is 17.9 Å². The first kappa shape index (κ1) is 15.4. The average Bonchev–Trinajstić information content (AvgIpc) is 3.11. The smallest absolute Gasteiger partial charge is 0.255 e. The van der Waals surface area contributed by atoms with Crippen LogP contribution in [0.4, 0.5) is 0 Å². The second-order valence-corrected chi connectivity index (χ2v) is 7.18. The highest BCUT2D eigenvalue weighted by Crippen LogP contribution is 2.42. The van der Waals surface area contributed by atoms with Crippen LogP contribution in [0, 0.1) is 6.92 Å². The van der Waals surface area contributed by atoms with Gasteiger partial charge in [0.05, 0.1) is 0 Å². The Labute approximate surface area is 145 Å². The van der Waals surface area contributed by atoms with Crippen molar-refractivity contribution in [3.63, 3.8) is 0 Å². The van der Waals surface area contributed by atoms with E-state index in [4.69, 9.17) is 9.47 Å². The number of rotatable bonds is 2. The van der Waals surface area contributed by atoms with Crippen molar-refractivity contribution in [3.05, 3.63) is 59.2 Å². The van der Waals surface area contributed by atoms with E-state index in [1.807, 2.05) is 54.3 Å². The first-order chi connectivity index (χ1) is 11.7. The van der Waals surface area contributed by atoms with Crippen LogP contribution in [0.5, 0.6) is 11.5 Å². The van der Waals surface area contributed by atoms with E-state index >= 15 is 0 Å². The van der Waals surface area contributed by atoms with E-state index in [9.17, 15) is 4.79 Å². The molecule has 0 aromatic heterocycles. The molecule has 0 saturated carbocycles. The van der Waals surface area contributed by atoms with E-state index < -0.39 is 0 Å². The molecule has 0 N–H and O–H groups in total. The van der Waals surface area contributed by atoms with Crippen molar-refractivity contribution in [3.8, 4) is 11.5 Å². The van der Waals surface area contributed by atoms with Gasteiger partial charge in [-0.2, -0.15) is 0 Å². The van der Waals surface area contributed by atoms with Gasteiger partial charge in [-0.1, -0.05) is 23.8 Å². The van der Waals surface area contributed by atoms with Crippen molar-refractivity contribution in [2.24, 2.45) is 0 Å². The third-order valence-corrected chi connectivity index (χ3v) is 5.56. The molecule has 0 spiro atoms. The summed E-state index contributed by atoms with van der Waals surface area (Å²) in [6.45, 7) is 3.94. The number of aryl methyl sites for hydroxylation is 1. The van der Waals surface area contributed by atoms with Crippen molar-refractivity contribution < 1.29 is 14.3 Å². The minimum Gasteiger partial charge on any atom is -0.486 e. The molecule has 1 saturated heterocycles. The molecule has 1 fully saturated rings. The number of carbonyl (C=O) groups is 1. The van der Waals surface area contributed by atoms with Crippen LogP contribution in [0.15, 0.2) is 42.5 Å². The Kier molecular flexibility index (Phi) is 4.10. The molecule has 4 rings (SSSR count). The monoisotopic (exact) mass is 341 g/mol. The first-order valence-electron chi connectivity index (χ1n) is 8.11. The third kappa shape index (κ3) is 2.84. The second-order valence-electron chi connectivity index (χ2n) is 5.99. The predicted octanol–water partition coefficient (Wildman–Crippen LogP) is 3.65. The highest BCUT2D eigenvalue weighted by atomic mass is 32.2. The quantitative estimate of drug-likeness (QED) is 0.836. The summed E-state index contributed by atoms with van der Waals surface area (Å²) >= 11 is 1.79. The van der Waals surface area contributed by atoms with Gasteiger partial charge in [-0.05, 0) is 36.8 Å². The number of ether oxygens (including phenoxy) is 2. The summed E-state index contributed by atoms with van der Waals surface area (Å²) in [5, 5.41) is 0.0228. The first-order valence-corrected chi connectivity index (χ1v) is 9.16. The number of hydrogen-bond acceptors (Lipinski definition) is 4. The zero-order valence-electron chi connectivity index (χ0n) is 13.5. The van der Waals surface area contributed by atoms with E-state index in [1.165, 1.54) is 0 Å². The van der Waals surface area contributed by atoms with Gasteiger partial charge >= 0.3 is 0 Å². The van der Waals surface area contributed by atoms with E-state index in [1.54, 1.807) is 11.8 Å². The number of fused-ring (bicyclic) bond motifs is 1. The molecular weight excluding hydrogens is 322 g/mol. The van der Waals surface area contributed by atoms with Gasteiger partial charge in [0.1, 0.15) is 18.6 Å². The average molecular weight is 341 g/mol. The zero-order chi connectivity index (χ0) is 16.5. The van der Waals surface area contributed by atoms with Gasteiger partial charge < -0.3 is 14.4 Å². The van der Waals surface area contributed by atoms with E-state index in [2.05, 4.69) is 0 Å². The molecule has 2 aliphatic rings. The van der Waals surface area contributed by atoms with Gasteiger partial charge in [0.2, 0.25) is 0 Å². The fourth-order valence-corrected chi connectivity index (χ4v) is 4.28. The van der Waals surface area contributed by atoms with E-state index in [0.29, 0.717) is 13.2 Å². The molecule has 2 aromatic rings. The molecule has 4 nitrogen and oxygen atoms in total. The summed E-state index contributed by atoms with van der Waals surface area (Å²) in [6.07, 6.45) is 0. The van der Waals surface area contributed by atoms with Gasteiger partial charge in [0.25, 0.3) is 5.91 Å². The van der Waals surface area contributed by atoms with Gasteiger partial charge in [0.15, 0.2) is 11.5 Å². The lowest BCUT2D eigenvalue weighted by molar-refractivity contribution is 0.0760. The normalized spacial score (nSPS) is 19.4. The summed E-state index contributed by atoms with van der Waals surface area (Å²) in [6, 6.07) is 13.8. The molecule has 2 heterocycles. The molecule has 2 aliphatic heterocycles. The zero-order valence-corrected chi connectivity index (χ0v) is 14.3. The van der Waals surface area contributed by atoms with E-state index in [0.717, 1.165) is 40.5 Å². The third-order valence-electron chi connectivity index (χ3n) is 4.30. The fraction of sp³-hybridized carbons (Fsp3) is 0.316. The molecule has 0 radical (unpaired) electrons. The Morgan fingerprint density at radius 3 is 2.62 bits per heavy atom. The number of hydrogen-bond donors (Lipinski definition) is 0. The maximum atomic E-state index is 12.9. The number of thioether (sulfide) groups is 1. The van der Waals surface area contributed by atoms with Crippen LogP contribution in [-0.2, 0) is 0 Å². The molecule has 0 aliphatic carbocycles. The topological polar surface area (TPSA) is 38.8 Å². The molecule has 1 unspecified atom stereocenters. The molecule has 0 bridgehead atoms. The van der Waals surface area contributed by atoms with Crippen molar-refractivity contribution >= 4 is 17.7 Å². The van der Waals surface area contributed by atoms with Crippen molar-refractivity contribution in [2.45, 2.75) is 12.3 Å². The Hall–Kier alpha value is -2.14. The maximum Gasteiger partial charge on any atom is 0.255 e. The Balaban J connectivity index is 1.60. The Morgan fingerprint density at radius 1 is 1.08 bits per heavy atom. The van der Waals surface area contributed by atoms with Crippen molar-refractivity contribution in [1.82, 2.24) is 4.90 Å². The standard InChI is InChI=1S/C19H19NO3S/c1-13-2-4-14(5-3-13)18(21)20-8-11-24-19(20)15-6-7-16-17(12-15)23-10-9-22-16/h2-7,12,19H,8-11H2,1H3. The second kappa shape index (κ2) is 6.40. The molecule has 24 heavy (non-hydrogen) atoms. The lowest BCUT2D eigenvalue weighted by Crippen LogP contribution is -2.30. The van der Waals surface area contributed by atoms with Crippen molar-refractivity contribution in [2.75, 3.05) is 25.5 Å².